The number of anilines is 1. The summed E-state index contributed by atoms with van der Waals surface area (Å²) in [5, 5.41) is 16.3. The first kappa shape index (κ1) is 27.6. The molecule has 0 fully saturated rings. The van der Waals surface area contributed by atoms with E-state index in [9.17, 15) is 24.5 Å². The number of nitro groups is 1. The largest absolute Gasteiger partial charge is 0.462 e. The van der Waals surface area contributed by atoms with Gasteiger partial charge in [-0.15, -0.1) is 11.3 Å². The molecule has 0 aliphatic carbocycles. The number of nitrogens with zero attached hydrogens (tertiary/aromatic N) is 1. The van der Waals surface area contributed by atoms with Crippen molar-refractivity contribution in [1.29, 1.82) is 0 Å². The summed E-state index contributed by atoms with van der Waals surface area (Å²) < 4.78 is 7.98. The van der Waals surface area contributed by atoms with Crippen LogP contribution in [0.3, 0.4) is 0 Å². The smallest absolute Gasteiger partial charge is 0.348 e. The molecule has 34 heavy (non-hydrogen) atoms. The van der Waals surface area contributed by atoms with Crippen LogP contribution in [0.5, 0.6) is 0 Å². The van der Waals surface area contributed by atoms with Gasteiger partial charge in [0.05, 0.1) is 23.7 Å². The minimum absolute atomic E-state index is 0.0127. The maximum atomic E-state index is 12.7. The molecular formula is C20H20Cl3N3O7S. The number of carbonyl (C=O) groups excluding carboxylic acids is 3. The molecule has 0 spiro atoms. The zero-order valence-electron chi connectivity index (χ0n) is 18.1. The van der Waals surface area contributed by atoms with Gasteiger partial charge in [-0.3, -0.25) is 14.9 Å². The maximum absolute atomic E-state index is 12.7. The van der Waals surface area contributed by atoms with Crippen LogP contribution in [0, 0.1) is 17.0 Å². The van der Waals surface area contributed by atoms with Gasteiger partial charge in [0.2, 0.25) is 3.79 Å². The van der Waals surface area contributed by atoms with Crippen LogP contribution >= 0.6 is 46.1 Å². The Bertz CT molecular complexity index is 1100. The number of hydrogen-bond acceptors (Lipinski definition) is 9. The molecule has 0 saturated heterocycles. The molecule has 0 unspecified atom stereocenters. The highest BCUT2D eigenvalue weighted by molar-refractivity contribution is 7.18. The third kappa shape index (κ3) is 6.72. The highest BCUT2D eigenvalue weighted by atomic mass is 35.6. The van der Waals surface area contributed by atoms with E-state index >= 15 is 0 Å². The molecule has 1 amide bonds. The number of carbonyl (C=O) groups is 3. The number of rotatable bonds is 9. The number of hydrogen-bond donors (Lipinski definition) is 2. The number of benzene rings is 1. The van der Waals surface area contributed by atoms with Gasteiger partial charge in [0.15, 0.2) is 0 Å². The zero-order chi connectivity index (χ0) is 25.6. The second-order valence-electron chi connectivity index (χ2n) is 6.60. The Kier molecular flexibility index (Phi) is 9.51. The van der Waals surface area contributed by atoms with E-state index in [-0.39, 0.29) is 45.5 Å². The summed E-state index contributed by atoms with van der Waals surface area (Å²) in [5.41, 5.74) is -0.0599. The summed E-state index contributed by atoms with van der Waals surface area (Å²) in [5.74, 6) is -2.18. The minimum Gasteiger partial charge on any atom is -0.462 e. The van der Waals surface area contributed by atoms with Crippen LogP contribution in [-0.4, -0.2) is 45.9 Å². The maximum Gasteiger partial charge on any atom is 0.348 e. The zero-order valence-corrected chi connectivity index (χ0v) is 21.2. The first-order chi connectivity index (χ1) is 15.9. The van der Waals surface area contributed by atoms with E-state index in [0.29, 0.717) is 0 Å². The van der Waals surface area contributed by atoms with E-state index in [1.807, 2.05) is 0 Å². The van der Waals surface area contributed by atoms with Gasteiger partial charge in [0.25, 0.3) is 11.6 Å². The predicted octanol–water partition coefficient (Wildman–Crippen LogP) is 4.86. The summed E-state index contributed by atoms with van der Waals surface area (Å²) in [6.45, 7) is 4.96. The number of thiophene rings is 1. The fraction of sp³-hybridized carbons (Fsp3) is 0.350. The molecule has 2 rings (SSSR count). The monoisotopic (exact) mass is 551 g/mol. The van der Waals surface area contributed by atoms with Gasteiger partial charge in [-0.1, -0.05) is 40.9 Å². The van der Waals surface area contributed by atoms with Crippen molar-refractivity contribution in [2.24, 2.45) is 0 Å². The van der Waals surface area contributed by atoms with E-state index in [0.717, 1.165) is 17.4 Å². The van der Waals surface area contributed by atoms with Crippen LogP contribution in [0.4, 0.5) is 10.7 Å². The lowest BCUT2D eigenvalue weighted by molar-refractivity contribution is -0.384. The molecule has 0 aliphatic heterocycles. The van der Waals surface area contributed by atoms with Crippen molar-refractivity contribution in [2.45, 2.75) is 30.7 Å². The lowest BCUT2D eigenvalue weighted by Crippen LogP contribution is -2.49. The molecule has 0 aliphatic rings. The lowest BCUT2D eigenvalue weighted by Gasteiger charge is -2.27. The Labute approximate surface area is 213 Å². The van der Waals surface area contributed by atoms with Gasteiger partial charge in [0, 0.05) is 17.7 Å². The number of halogens is 3. The van der Waals surface area contributed by atoms with E-state index in [1.54, 1.807) is 13.8 Å². The van der Waals surface area contributed by atoms with Gasteiger partial charge >= 0.3 is 11.9 Å². The second-order valence-corrected chi connectivity index (χ2v) is 9.99. The van der Waals surface area contributed by atoms with E-state index in [1.165, 1.54) is 25.1 Å². The predicted molar refractivity (Wildman–Crippen MR) is 129 cm³/mol. The minimum atomic E-state index is -2.13. The van der Waals surface area contributed by atoms with Gasteiger partial charge in [-0.05, 0) is 32.4 Å². The fourth-order valence-electron chi connectivity index (χ4n) is 2.76. The van der Waals surface area contributed by atoms with Crippen LogP contribution in [0.2, 0.25) is 0 Å². The molecule has 1 heterocycles. The Morgan fingerprint density at radius 1 is 1.15 bits per heavy atom. The molecule has 14 heteroatoms. The molecule has 10 nitrogen and oxygen atoms in total. The molecule has 1 atom stereocenters. The molecular weight excluding hydrogens is 533 g/mol. The quantitative estimate of drug-likeness (QED) is 0.148. The van der Waals surface area contributed by atoms with Crippen LogP contribution in [0.15, 0.2) is 24.3 Å². The standard InChI is InChI=1S/C20H20Cl3N3O7S/c1-4-32-17(28)13-10(3)14(18(29)33-5-2)34-16(13)25-19(20(21,22)23)24-15(27)11-7-6-8-12(9-11)26(30)31/h6-9,19,25H,4-5H2,1-3H3,(H,24,27)/t19-/m1/s1. The van der Waals surface area contributed by atoms with Gasteiger partial charge in [0.1, 0.15) is 16.0 Å². The van der Waals surface area contributed by atoms with Crippen LogP contribution < -0.4 is 10.6 Å². The van der Waals surface area contributed by atoms with Crippen molar-refractivity contribution in [2.75, 3.05) is 18.5 Å². The lowest BCUT2D eigenvalue weighted by atomic mass is 10.1. The number of esters is 2. The van der Waals surface area contributed by atoms with E-state index in [4.69, 9.17) is 44.3 Å². The van der Waals surface area contributed by atoms with Crippen molar-refractivity contribution >= 4 is 74.7 Å². The van der Waals surface area contributed by atoms with Gasteiger partial charge < -0.3 is 20.1 Å². The third-order valence-electron chi connectivity index (χ3n) is 4.28. The first-order valence-electron chi connectivity index (χ1n) is 9.76. The number of alkyl halides is 3. The van der Waals surface area contributed by atoms with Crippen molar-refractivity contribution in [1.82, 2.24) is 5.32 Å². The molecule has 2 N–H and O–H groups in total. The van der Waals surface area contributed by atoms with Crippen LogP contribution in [0.25, 0.3) is 0 Å². The van der Waals surface area contributed by atoms with E-state index < -0.39 is 32.7 Å². The number of ether oxygens (including phenoxy) is 2. The van der Waals surface area contributed by atoms with Crippen molar-refractivity contribution in [3.05, 3.63) is 55.9 Å². The summed E-state index contributed by atoms with van der Waals surface area (Å²) in [6, 6.07) is 4.95. The Balaban J connectivity index is 2.44. The van der Waals surface area contributed by atoms with E-state index in [2.05, 4.69) is 10.6 Å². The number of nitrogens with one attached hydrogen (secondary N) is 2. The first-order valence-corrected chi connectivity index (χ1v) is 11.7. The summed E-state index contributed by atoms with van der Waals surface area (Å²) >= 11 is 19.0. The molecule has 0 saturated carbocycles. The molecule has 1 aromatic carbocycles. The average molecular weight is 553 g/mol. The number of non-ortho nitro benzene ring substituents is 1. The number of nitro benzene ring substituents is 1. The molecule has 184 valence electrons. The average Bonchev–Trinajstić information content (AvgIpc) is 3.09. The van der Waals surface area contributed by atoms with Gasteiger partial charge in [-0.2, -0.15) is 0 Å². The summed E-state index contributed by atoms with van der Waals surface area (Å²) in [4.78, 5) is 48.2. The topological polar surface area (TPSA) is 137 Å². The molecule has 0 radical (unpaired) electrons. The Hall–Kier alpha value is -2.60. The Morgan fingerprint density at radius 3 is 2.32 bits per heavy atom. The Morgan fingerprint density at radius 2 is 1.76 bits per heavy atom. The molecule has 0 bridgehead atoms. The van der Waals surface area contributed by atoms with Crippen LogP contribution in [-0.2, 0) is 9.47 Å². The van der Waals surface area contributed by atoms with Crippen molar-refractivity contribution < 1.29 is 28.8 Å². The summed E-state index contributed by atoms with van der Waals surface area (Å²) in [7, 11) is 0. The second kappa shape index (κ2) is 11.7. The highest BCUT2D eigenvalue weighted by Crippen LogP contribution is 2.38. The number of amides is 1. The summed E-state index contributed by atoms with van der Waals surface area (Å²) in [6.07, 6.45) is -1.41. The normalized spacial score (nSPS) is 11.9. The van der Waals surface area contributed by atoms with Crippen molar-refractivity contribution in [3.63, 3.8) is 0 Å². The highest BCUT2D eigenvalue weighted by Gasteiger charge is 2.37. The fourth-order valence-corrected chi connectivity index (χ4v) is 4.21. The van der Waals surface area contributed by atoms with Crippen LogP contribution in [0.1, 0.15) is 49.8 Å². The van der Waals surface area contributed by atoms with Crippen molar-refractivity contribution in [3.8, 4) is 0 Å². The molecule has 2 aromatic rings. The SMILES string of the molecule is CCOC(=O)c1sc(N[C@@H](NC(=O)c2cccc([N+](=O)[O-])c2)C(Cl)(Cl)Cl)c(C(=O)OCC)c1C. The van der Waals surface area contributed by atoms with Gasteiger partial charge in [-0.25, -0.2) is 9.59 Å². The third-order valence-corrected chi connectivity index (χ3v) is 6.14. The molecule has 1 aromatic heterocycles.